The molecule has 1 aromatic rings. The Balaban J connectivity index is 1.88. The van der Waals surface area contributed by atoms with Crippen LogP contribution in [0.1, 0.15) is 5.56 Å². The lowest BCUT2D eigenvalue weighted by Crippen LogP contribution is -2.53. The van der Waals surface area contributed by atoms with E-state index in [1.54, 1.807) is 0 Å². The third kappa shape index (κ3) is 3.88. The van der Waals surface area contributed by atoms with E-state index in [2.05, 4.69) is 0 Å². The van der Waals surface area contributed by atoms with Crippen LogP contribution in [0.15, 0.2) is 36.4 Å². The molecule has 1 aliphatic heterocycles. The van der Waals surface area contributed by atoms with E-state index in [-0.39, 0.29) is 12.5 Å². The monoisotopic (exact) mass is 263 g/mol. The van der Waals surface area contributed by atoms with Gasteiger partial charge in [0.1, 0.15) is 0 Å². The molecular formula is C15H21NO3. The standard InChI is InChI=1S/C15H21NO3/c17-11-13-9-16(10-14(18)15(13)19)8-4-7-12-5-2-1-3-6-12/h1-7,13-15,17-19H,8-11H2/t13-,14-,15-/m1/s1. The van der Waals surface area contributed by atoms with Gasteiger partial charge in [0.25, 0.3) is 0 Å². The summed E-state index contributed by atoms with van der Waals surface area (Å²) in [5.41, 5.74) is 1.14. The van der Waals surface area contributed by atoms with Gasteiger partial charge in [0.2, 0.25) is 0 Å². The number of β-amino-alcohol motifs (C(OH)–C–C–N with tert-alkyl or cyclic N) is 1. The average Bonchev–Trinajstić information content (AvgIpc) is 2.43. The number of piperidine rings is 1. The predicted octanol–water partition coefficient (Wildman–Crippen LogP) is 0.346. The molecule has 0 unspecified atom stereocenters. The van der Waals surface area contributed by atoms with Crippen molar-refractivity contribution < 1.29 is 15.3 Å². The van der Waals surface area contributed by atoms with Crippen LogP contribution in [0.25, 0.3) is 6.08 Å². The molecule has 3 N–H and O–H groups in total. The van der Waals surface area contributed by atoms with Crippen molar-refractivity contribution in [2.24, 2.45) is 5.92 Å². The summed E-state index contributed by atoms with van der Waals surface area (Å²) in [4.78, 5) is 2.04. The van der Waals surface area contributed by atoms with Gasteiger partial charge < -0.3 is 15.3 Å². The Kier molecular flexibility index (Phi) is 5.10. The Morgan fingerprint density at radius 1 is 1.16 bits per heavy atom. The zero-order valence-electron chi connectivity index (χ0n) is 10.9. The van der Waals surface area contributed by atoms with Crippen LogP contribution >= 0.6 is 0 Å². The van der Waals surface area contributed by atoms with E-state index in [0.29, 0.717) is 19.6 Å². The molecule has 4 heteroatoms. The Morgan fingerprint density at radius 2 is 1.89 bits per heavy atom. The average molecular weight is 263 g/mol. The van der Waals surface area contributed by atoms with E-state index in [0.717, 1.165) is 5.56 Å². The van der Waals surface area contributed by atoms with Gasteiger partial charge in [0.15, 0.2) is 0 Å². The molecule has 19 heavy (non-hydrogen) atoms. The summed E-state index contributed by atoms with van der Waals surface area (Å²) in [6.07, 6.45) is 2.47. The zero-order valence-corrected chi connectivity index (χ0v) is 10.9. The lowest BCUT2D eigenvalue weighted by Gasteiger charge is -2.38. The summed E-state index contributed by atoms with van der Waals surface area (Å²) in [6.45, 7) is 1.65. The lowest BCUT2D eigenvalue weighted by molar-refractivity contribution is -0.0835. The molecule has 1 aliphatic rings. The number of hydrogen-bond donors (Lipinski definition) is 3. The normalized spacial score (nSPS) is 28.9. The van der Waals surface area contributed by atoms with Crippen molar-refractivity contribution in [2.75, 3.05) is 26.2 Å². The first kappa shape index (κ1) is 14.2. The molecule has 0 amide bonds. The van der Waals surface area contributed by atoms with Gasteiger partial charge in [-0.1, -0.05) is 42.5 Å². The maximum atomic E-state index is 9.74. The molecule has 1 saturated heterocycles. The second-order valence-corrected chi connectivity index (χ2v) is 5.03. The van der Waals surface area contributed by atoms with Crippen LogP contribution in [0.3, 0.4) is 0 Å². The van der Waals surface area contributed by atoms with E-state index in [1.807, 2.05) is 47.4 Å². The fourth-order valence-corrected chi connectivity index (χ4v) is 2.42. The molecule has 0 saturated carbocycles. The largest absolute Gasteiger partial charge is 0.396 e. The van der Waals surface area contributed by atoms with Crippen LogP contribution in [0.4, 0.5) is 0 Å². The number of nitrogens with zero attached hydrogens (tertiary/aromatic N) is 1. The maximum Gasteiger partial charge on any atom is 0.0929 e. The van der Waals surface area contributed by atoms with Crippen LogP contribution in [0.5, 0.6) is 0 Å². The molecule has 104 valence electrons. The predicted molar refractivity (Wildman–Crippen MR) is 74.5 cm³/mol. The summed E-state index contributed by atoms with van der Waals surface area (Å²) in [7, 11) is 0. The number of aliphatic hydroxyl groups is 3. The van der Waals surface area contributed by atoms with Crippen LogP contribution in [0, 0.1) is 5.92 Å². The third-order valence-electron chi connectivity index (χ3n) is 3.52. The van der Waals surface area contributed by atoms with Gasteiger partial charge in [0.05, 0.1) is 12.2 Å². The molecule has 1 aromatic carbocycles. The minimum Gasteiger partial charge on any atom is -0.396 e. The van der Waals surface area contributed by atoms with E-state index < -0.39 is 12.2 Å². The number of hydrogen-bond acceptors (Lipinski definition) is 4. The van der Waals surface area contributed by atoms with Gasteiger partial charge in [-0.15, -0.1) is 0 Å². The molecular weight excluding hydrogens is 242 g/mol. The first-order valence-corrected chi connectivity index (χ1v) is 6.61. The molecule has 1 fully saturated rings. The highest BCUT2D eigenvalue weighted by Gasteiger charge is 2.33. The van der Waals surface area contributed by atoms with Gasteiger partial charge in [0, 0.05) is 32.2 Å². The summed E-state index contributed by atoms with van der Waals surface area (Å²) in [5, 5.41) is 28.6. The van der Waals surface area contributed by atoms with Gasteiger partial charge >= 0.3 is 0 Å². The molecule has 3 atom stereocenters. The SMILES string of the molecule is OC[C@H]1CN(CC=Cc2ccccc2)C[C@@H](O)[C@@H]1O. The lowest BCUT2D eigenvalue weighted by atomic mass is 9.93. The van der Waals surface area contributed by atoms with E-state index >= 15 is 0 Å². The topological polar surface area (TPSA) is 63.9 Å². The highest BCUT2D eigenvalue weighted by atomic mass is 16.3. The minimum absolute atomic E-state index is 0.100. The van der Waals surface area contributed by atoms with E-state index in [4.69, 9.17) is 0 Å². The number of benzene rings is 1. The van der Waals surface area contributed by atoms with Crippen molar-refractivity contribution in [3.05, 3.63) is 42.0 Å². The van der Waals surface area contributed by atoms with Crippen LogP contribution in [-0.4, -0.2) is 58.7 Å². The first-order chi connectivity index (χ1) is 9.20. The molecule has 4 nitrogen and oxygen atoms in total. The summed E-state index contributed by atoms with van der Waals surface area (Å²) < 4.78 is 0. The minimum atomic E-state index is -0.820. The van der Waals surface area contributed by atoms with Crippen LogP contribution < -0.4 is 0 Å². The fourth-order valence-electron chi connectivity index (χ4n) is 2.42. The summed E-state index contributed by atoms with van der Waals surface area (Å²) in [6, 6.07) is 10.0. The number of rotatable bonds is 4. The highest BCUT2D eigenvalue weighted by molar-refractivity contribution is 5.48. The molecule has 0 bridgehead atoms. The van der Waals surface area contributed by atoms with E-state index in [1.165, 1.54) is 0 Å². The highest BCUT2D eigenvalue weighted by Crippen LogP contribution is 2.17. The smallest absolute Gasteiger partial charge is 0.0929 e. The third-order valence-corrected chi connectivity index (χ3v) is 3.52. The second-order valence-electron chi connectivity index (χ2n) is 5.03. The van der Waals surface area contributed by atoms with Crippen LogP contribution in [-0.2, 0) is 0 Å². The van der Waals surface area contributed by atoms with E-state index in [9.17, 15) is 15.3 Å². The summed E-state index contributed by atoms with van der Waals surface area (Å²) in [5.74, 6) is -0.270. The number of likely N-dealkylation sites (tertiary alicyclic amines) is 1. The molecule has 1 heterocycles. The van der Waals surface area contributed by atoms with Gasteiger partial charge in [-0.25, -0.2) is 0 Å². The van der Waals surface area contributed by atoms with Gasteiger partial charge in [-0.2, -0.15) is 0 Å². The number of aliphatic hydroxyl groups excluding tert-OH is 3. The first-order valence-electron chi connectivity index (χ1n) is 6.61. The Bertz CT molecular complexity index is 407. The van der Waals surface area contributed by atoms with Crippen molar-refractivity contribution in [1.82, 2.24) is 4.90 Å². The van der Waals surface area contributed by atoms with Crippen molar-refractivity contribution in [1.29, 1.82) is 0 Å². The fraction of sp³-hybridized carbons (Fsp3) is 0.467. The Labute approximate surface area is 113 Å². The quantitative estimate of drug-likeness (QED) is 0.733. The molecule has 0 spiro atoms. The maximum absolute atomic E-state index is 9.74. The molecule has 0 aliphatic carbocycles. The van der Waals surface area contributed by atoms with Gasteiger partial charge in [-0.3, -0.25) is 4.90 Å². The van der Waals surface area contributed by atoms with Crippen molar-refractivity contribution in [3.63, 3.8) is 0 Å². The Hall–Kier alpha value is -1.20. The van der Waals surface area contributed by atoms with Crippen molar-refractivity contribution in [3.8, 4) is 0 Å². The molecule has 2 rings (SSSR count). The summed E-state index contributed by atoms with van der Waals surface area (Å²) >= 11 is 0. The molecule has 0 radical (unpaired) electrons. The second kappa shape index (κ2) is 6.82. The molecule has 0 aromatic heterocycles. The Morgan fingerprint density at radius 3 is 2.58 bits per heavy atom. The van der Waals surface area contributed by atoms with Crippen LogP contribution in [0.2, 0.25) is 0 Å². The van der Waals surface area contributed by atoms with Crippen molar-refractivity contribution in [2.45, 2.75) is 12.2 Å². The van der Waals surface area contributed by atoms with Crippen molar-refractivity contribution >= 4 is 6.08 Å². The van der Waals surface area contributed by atoms with Gasteiger partial charge in [-0.05, 0) is 5.56 Å². The zero-order chi connectivity index (χ0) is 13.7.